The Hall–Kier alpha value is -0.610. The molecular weight excluding hydrogens is 240 g/mol. The molecule has 0 bridgehead atoms. The predicted octanol–water partition coefficient (Wildman–Crippen LogP) is 1.62. The monoisotopic (exact) mass is 268 g/mol. The first-order valence-corrected chi connectivity index (χ1v) is 7.61. The summed E-state index contributed by atoms with van der Waals surface area (Å²) in [4.78, 5) is 17.2. The Morgan fingerprint density at radius 3 is 2.53 bits per heavy atom. The molecule has 4 nitrogen and oxygen atoms in total. The van der Waals surface area contributed by atoms with Crippen LogP contribution in [0.25, 0.3) is 0 Å². The maximum absolute atomic E-state index is 12.9. The van der Waals surface area contributed by atoms with Crippen molar-refractivity contribution in [3.8, 4) is 0 Å². The molecule has 2 aliphatic rings. The van der Waals surface area contributed by atoms with E-state index in [2.05, 4.69) is 23.6 Å². The summed E-state index contributed by atoms with van der Waals surface area (Å²) in [5.41, 5.74) is -0.0649. The Kier molecular flexibility index (Phi) is 4.51. The van der Waals surface area contributed by atoms with E-state index in [0.717, 1.165) is 25.8 Å². The fraction of sp³-hybridized carbons (Fsp3) is 0.933. The molecule has 0 aromatic rings. The highest BCUT2D eigenvalue weighted by Gasteiger charge is 2.43. The fourth-order valence-electron chi connectivity index (χ4n) is 3.68. The summed E-state index contributed by atoms with van der Waals surface area (Å²) in [6.07, 6.45) is 6.33. The summed E-state index contributed by atoms with van der Waals surface area (Å²) in [5.74, 6) is 0.228. The zero-order valence-electron chi connectivity index (χ0n) is 12.6. The molecule has 2 rings (SSSR count). The summed E-state index contributed by atoms with van der Waals surface area (Å²) in [5, 5.41) is 9.23. The Labute approximate surface area is 116 Å². The number of hydrogen-bond donors (Lipinski definition) is 1. The molecule has 0 radical (unpaired) electrons. The van der Waals surface area contributed by atoms with Gasteiger partial charge in [0.15, 0.2) is 0 Å². The summed E-state index contributed by atoms with van der Waals surface area (Å²) >= 11 is 0. The second-order valence-corrected chi connectivity index (χ2v) is 6.72. The number of likely N-dealkylation sites (N-methyl/N-ethyl adjacent to an activating group) is 1. The molecule has 1 atom stereocenters. The lowest BCUT2D eigenvalue weighted by Crippen LogP contribution is -2.55. The summed E-state index contributed by atoms with van der Waals surface area (Å²) in [6, 6.07) is 0.266. The molecule has 1 unspecified atom stereocenters. The number of carbonyl (C=O) groups excluding carboxylic acids is 1. The van der Waals surface area contributed by atoms with Crippen LogP contribution in [0.1, 0.15) is 52.4 Å². The Bertz CT molecular complexity index is 324. The average Bonchev–Trinajstić information content (AvgIpc) is 2.83. The maximum Gasteiger partial charge on any atom is 0.240 e. The molecule has 1 aliphatic carbocycles. The Morgan fingerprint density at radius 2 is 1.95 bits per heavy atom. The van der Waals surface area contributed by atoms with Gasteiger partial charge in [-0.3, -0.25) is 9.69 Å². The third-order valence-electron chi connectivity index (χ3n) is 4.88. The molecule has 0 aromatic heterocycles. The van der Waals surface area contributed by atoms with Gasteiger partial charge >= 0.3 is 0 Å². The maximum atomic E-state index is 12.9. The molecule has 1 N–H and O–H groups in total. The van der Waals surface area contributed by atoms with E-state index in [9.17, 15) is 9.90 Å². The van der Waals surface area contributed by atoms with Crippen molar-refractivity contribution in [2.24, 2.45) is 0 Å². The molecule has 1 saturated heterocycles. The third kappa shape index (κ3) is 2.95. The molecule has 0 aromatic carbocycles. The van der Waals surface area contributed by atoms with E-state index < -0.39 is 0 Å². The number of aliphatic hydroxyl groups is 1. The van der Waals surface area contributed by atoms with Gasteiger partial charge in [0.05, 0.1) is 6.04 Å². The van der Waals surface area contributed by atoms with Crippen molar-refractivity contribution in [3.63, 3.8) is 0 Å². The van der Waals surface area contributed by atoms with Gasteiger partial charge in [-0.25, -0.2) is 0 Å². The van der Waals surface area contributed by atoms with Crippen LogP contribution in [-0.2, 0) is 4.79 Å². The van der Waals surface area contributed by atoms with Gasteiger partial charge in [-0.2, -0.15) is 0 Å². The van der Waals surface area contributed by atoms with Crippen molar-refractivity contribution >= 4 is 5.91 Å². The van der Waals surface area contributed by atoms with Gasteiger partial charge in [0.25, 0.3) is 0 Å². The lowest BCUT2D eigenvalue weighted by Gasteiger charge is -2.42. The average molecular weight is 268 g/mol. The first-order valence-electron chi connectivity index (χ1n) is 7.61. The van der Waals surface area contributed by atoms with Crippen LogP contribution in [-0.4, -0.2) is 58.6 Å². The number of nitrogens with zero attached hydrogens (tertiary/aromatic N) is 2. The molecule has 1 heterocycles. The second-order valence-electron chi connectivity index (χ2n) is 6.72. The summed E-state index contributed by atoms with van der Waals surface area (Å²) < 4.78 is 0. The van der Waals surface area contributed by atoms with Crippen molar-refractivity contribution in [1.82, 2.24) is 9.80 Å². The van der Waals surface area contributed by atoms with E-state index in [1.807, 2.05) is 7.05 Å². The highest BCUT2D eigenvalue weighted by Crippen LogP contribution is 2.34. The van der Waals surface area contributed by atoms with Gasteiger partial charge in [0.1, 0.15) is 0 Å². The minimum atomic E-state index is -0.146. The van der Waals surface area contributed by atoms with Crippen LogP contribution >= 0.6 is 0 Å². The molecular formula is C15H28N2O2. The van der Waals surface area contributed by atoms with Gasteiger partial charge in [0, 0.05) is 24.7 Å². The minimum Gasteiger partial charge on any atom is -0.396 e. The summed E-state index contributed by atoms with van der Waals surface area (Å²) in [7, 11) is 2.01. The van der Waals surface area contributed by atoms with Crippen LogP contribution < -0.4 is 0 Å². The first kappa shape index (κ1) is 14.8. The van der Waals surface area contributed by atoms with E-state index in [1.54, 1.807) is 0 Å². The topological polar surface area (TPSA) is 43.8 Å². The molecule has 4 heteroatoms. The second kappa shape index (κ2) is 5.80. The highest BCUT2D eigenvalue weighted by molar-refractivity contribution is 5.83. The van der Waals surface area contributed by atoms with Gasteiger partial charge in [-0.05, 0) is 46.6 Å². The molecule has 1 saturated carbocycles. The molecule has 2 fully saturated rings. The standard InChI is InChI=1S/C15H28N2O2/c1-15(2)9-10-16(3)13(8-11-18)14(19)17(15)12-6-4-5-7-12/h12-13,18H,4-11H2,1-3H3. The van der Waals surface area contributed by atoms with Gasteiger partial charge < -0.3 is 10.0 Å². The smallest absolute Gasteiger partial charge is 0.240 e. The van der Waals surface area contributed by atoms with E-state index in [1.165, 1.54) is 12.8 Å². The zero-order chi connectivity index (χ0) is 14.0. The van der Waals surface area contributed by atoms with Crippen LogP contribution in [0.2, 0.25) is 0 Å². The van der Waals surface area contributed by atoms with E-state index in [-0.39, 0.29) is 24.1 Å². The summed E-state index contributed by atoms with van der Waals surface area (Å²) in [6.45, 7) is 5.39. The van der Waals surface area contributed by atoms with E-state index >= 15 is 0 Å². The number of aliphatic hydroxyl groups excluding tert-OH is 1. The van der Waals surface area contributed by atoms with Crippen LogP contribution in [0.15, 0.2) is 0 Å². The molecule has 110 valence electrons. The lowest BCUT2D eigenvalue weighted by molar-refractivity contribution is -0.143. The van der Waals surface area contributed by atoms with Gasteiger partial charge in [-0.15, -0.1) is 0 Å². The lowest BCUT2D eigenvalue weighted by atomic mass is 9.95. The van der Waals surface area contributed by atoms with Gasteiger partial charge in [0.2, 0.25) is 5.91 Å². The van der Waals surface area contributed by atoms with Crippen molar-refractivity contribution < 1.29 is 9.90 Å². The van der Waals surface area contributed by atoms with Crippen LogP contribution in [0.3, 0.4) is 0 Å². The highest BCUT2D eigenvalue weighted by atomic mass is 16.3. The van der Waals surface area contributed by atoms with Crippen molar-refractivity contribution in [3.05, 3.63) is 0 Å². The normalized spacial score (nSPS) is 29.8. The largest absolute Gasteiger partial charge is 0.396 e. The molecule has 1 amide bonds. The zero-order valence-corrected chi connectivity index (χ0v) is 12.6. The number of rotatable bonds is 3. The third-order valence-corrected chi connectivity index (χ3v) is 4.88. The Morgan fingerprint density at radius 1 is 1.32 bits per heavy atom. The van der Waals surface area contributed by atoms with Crippen LogP contribution in [0.5, 0.6) is 0 Å². The van der Waals surface area contributed by atoms with E-state index in [4.69, 9.17) is 0 Å². The van der Waals surface area contributed by atoms with E-state index in [0.29, 0.717) is 12.5 Å². The fourth-order valence-corrected chi connectivity index (χ4v) is 3.68. The van der Waals surface area contributed by atoms with Crippen molar-refractivity contribution in [2.75, 3.05) is 20.2 Å². The van der Waals surface area contributed by atoms with Crippen molar-refractivity contribution in [1.29, 1.82) is 0 Å². The number of amides is 1. The number of carbonyl (C=O) groups is 1. The van der Waals surface area contributed by atoms with Crippen LogP contribution in [0, 0.1) is 0 Å². The quantitative estimate of drug-likeness (QED) is 0.846. The first-order chi connectivity index (χ1) is 8.97. The molecule has 1 aliphatic heterocycles. The van der Waals surface area contributed by atoms with Gasteiger partial charge in [-0.1, -0.05) is 12.8 Å². The SMILES string of the molecule is CN1CCC(C)(C)N(C2CCCC2)C(=O)C1CCO. The Balaban J connectivity index is 2.26. The predicted molar refractivity (Wildman–Crippen MR) is 75.9 cm³/mol. The van der Waals surface area contributed by atoms with Crippen LogP contribution in [0.4, 0.5) is 0 Å². The minimum absolute atomic E-state index is 0.0649. The molecule has 0 spiro atoms. The number of hydrogen-bond acceptors (Lipinski definition) is 3. The van der Waals surface area contributed by atoms with Crippen molar-refractivity contribution in [2.45, 2.75) is 70.0 Å². The molecule has 19 heavy (non-hydrogen) atoms.